The van der Waals surface area contributed by atoms with Crippen molar-refractivity contribution >= 4 is 32.8 Å². The number of hydrogen-bond acceptors (Lipinski definition) is 2. The van der Waals surface area contributed by atoms with Gasteiger partial charge in [-0.25, -0.2) is 4.79 Å². The third-order valence-electron chi connectivity index (χ3n) is 2.33. The molecule has 0 unspecified atom stereocenters. The minimum atomic E-state index is -0.306. The van der Waals surface area contributed by atoms with E-state index in [2.05, 4.69) is 20.9 Å². The number of carbonyl (C=O) groups excluding carboxylic acids is 1. The molecule has 1 heterocycles. The van der Waals surface area contributed by atoms with E-state index < -0.39 is 0 Å². The average molecular weight is 282 g/mol. The number of halogens is 1. The Balaban J connectivity index is 2.39. The zero-order valence-corrected chi connectivity index (χ0v) is 10.5. The molecular weight excluding hydrogens is 270 g/mol. The van der Waals surface area contributed by atoms with Crippen LogP contribution in [0.15, 0.2) is 24.3 Å². The van der Waals surface area contributed by atoms with E-state index in [-0.39, 0.29) is 5.97 Å². The van der Waals surface area contributed by atoms with Crippen molar-refractivity contribution in [2.24, 2.45) is 0 Å². The molecule has 16 heavy (non-hydrogen) atoms. The molecule has 0 amide bonds. The second-order valence-electron chi connectivity index (χ2n) is 3.46. The predicted molar refractivity (Wildman–Crippen MR) is 66.9 cm³/mol. The monoisotopic (exact) mass is 281 g/mol. The molecule has 3 nitrogen and oxygen atoms in total. The van der Waals surface area contributed by atoms with Crippen LogP contribution in [0.5, 0.6) is 0 Å². The Labute approximate surface area is 102 Å². The highest BCUT2D eigenvalue weighted by atomic mass is 79.9. The molecule has 1 aromatic carbocycles. The number of alkyl halides is 1. The first-order valence-corrected chi connectivity index (χ1v) is 6.21. The standard InChI is InChI=1S/C12H12BrNO2/c1-2-16-12(15)11-6-9-5-8(7-13)3-4-10(9)14-11/h3-6,14H,2,7H2,1H3. The number of ether oxygens (including phenoxy) is 1. The molecular formula is C12H12BrNO2. The highest BCUT2D eigenvalue weighted by molar-refractivity contribution is 9.08. The molecule has 1 N–H and O–H groups in total. The van der Waals surface area contributed by atoms with Gasteiger partial charge in [0.1, 0.15) is 5.69 Å². The number of hydrogen-bond donors (Lipinski definition) is 1. The third kappa shape index (κ3) is 2.11. The van der Waals surface area contributed by atoms with Gasteiger partial charge < -0.3 is 9.72 Å². The summed E-state index contributed by atoms with van der Waals surface area (Å²) in [6.45, 7) is 2.18. The van der Waals surface area contributed by atoms with Gasteiger partial charge in [0.2, 0.25) is 0 Å². The van der Waals surface area contributed by atoms with Gasteiger partial charge in [-0.05, 0) is 30.7 Å². The number of benzene rings is 1. The maximum absolute atomic E-state index is 11.5. The average Bonchev–Trinajstić information content (AvgIpc) is 2.71. The Hall–Kier alpha value is -1.29. The van der Waals surface area contributed by atoms with E-state index in [9.17, 15) is 4.79 Å². The normalized spacial score (nSPS) is 10.6. The van der Waals surface area contributed by atoms with E-state index in [0.717, 1.165) is 16.2 Å². The van der Waals surface area contributed by atoms with Crippen LogP contribution < -0.4 is 0 Å². The maximum Gasteiger partial charge on any atom is 0.354 e. The van der Waals surface area contributed by atoms with E-state index in [0.29, 0.717) is 12.3 Å². The molecule has 2 aromatic rings. The van der Waals surface area contributed by atoms with Gasteiger partial charge in [0.15, 0.2) is 0 Å². The number of aromatic nitrogens is 1. The van der Waals surface area contributed by atoms with Gasteiger partial charge >= 0.3 is 5.97 Å². The summed E-state index contributed by atoms with van der Waals surface area (Å²) >= 11 is 3.40. The van der Waals surface area contributed by atoms with Crippen LogP contribution in [-0.4, -0.2) is 17.6 Å². The van der Waals surface area contributed by atoms with E-state index in [1.807, 2.05) is 24.3 Å². The molecule has 0 aliphatic carbocycles. The first kappa shape index (κ1) is 11.2. The van der Waals surface area contributed by atoms with Gasteiger partial charge in [-0.15, -0.1) is 0 Å². The van der Waals surface area contributed by atoms with Crippen molar-refractivity contribution in [2.75, 3.05) is 6.61 Å². The number of rotatable bonds is 3. The minimum Gasteiger partial charge on any atom is -0.461 e. The van der Waals surface area contributed by atoms with Gasteiger partial charge in [0.25, 0.3) is 0 Å². The Bertz CT molecular complexity index is 519. The number of fused-ring (bicyclic) bond motifs is 1. The zero-order chi connectivity index (χ0) is 11.5. The number of carbonyl (C=O) groups is 1. The van der Waals surface area contributed by atoms with Crippen molar-refractivity contribution in [2.45, 2.75) is 12.3 Å². The molecule has 0 spiro atoms. The molecule has 2 rings (SSSR count). The predicted octanol–water partition coefficient (Wildman–Crippen LogP) is 3.24. The van der Waals surface area contributed by atoms with Crippen molar-refractivity contribution in [3.63, 3.8) is 0 Å². The van der Waals surface area contributed by atoms with Crippen LogP contribution in [0, 0.1) is 0 Å². The van der Waals surface area contributed by atoms with Crippen LogP contribution in [0.4, 0.5) is 0 Å². The molecule has 0 atom stereocenters. The van der Waals surface area contributed by atoms with E-state index >= 15 is 0 Å². The lowest BCUT2D eigenvalue weighted by Gasteiger charge is -1.96. The second-order valence-corrected chi connectivity index (χ2v) is 4.02. The van der Waals surface area contributed by atoms with Crippen LogP contribution in [-0.2, 0) is 10.1 Å². The maximum atomic E-state index is 11.5. The largest absolute Gasteiger partial charge is 0.461 e. The molecule has 1 aromatic heterocycles. The van der Waals surface area contributed by atoms with Crippen LogP contribution in [0.1, 0.15) is 23.0 Å². The molecule has 4 heteroatoms. The summed E-state index contributed by atoms with van der Waals surface area (Å²) in [4.78, 5) is 14.5. The summed E-state index contributed by atoms with van der Waals surface area (Å²) in [6.07, 6.45) is 0. The lowest BCUT2D eigenvalue weighted by molar-refractivity contribution is 0.0520. The fraction of sp³-hybridized carbons (Fsp3) is 0.250. The van der Waals surface area contributed by atoms with Crippen molar-refractivity contribution in [3.05, 3.63) is 35.5 Å². The Morgan fingerprint density at radius 3 is 2.94 bits per heavy atom. The quantitative estimate of drug-likeness (QED) is 0.693. The number of aromatic amines is 1. The van der Waals surface area contributed by atoms with E-state index in [1.165, 1.54) is 5.56 Å². The zero-order valence-electron chi connectivity index (χ0n) is 8.92. The third-order valence-corrected chi connectivity index (χ3v) is 2.98. The van der Waals surface area contributed by atoms with Crippen molar-refractivity contribution in [3.8, 4) is 0 Å². The second kappa shape index (κ2) is 4.70. The number of H-pyrrole nitrogens is 1. The molecule has 0 aliphatic rings. The van der Waals surface area contributed by atoms with Gasteiger partial charge in [-0.1, -0.05) is 22.0 Å². The highest BCUT2D eigenvalue weighted by Crippen LogP contribution is 2.19. The summed E-state index contributed by atoms with van der Waals surface area (Å²) in [5, 5.41) is 1.84. The lowest BCUT2D eigenvalue weighted by atomic mass is 10.2. The van der Waals surface area contributed by atoms with Gasteiger partial charge in [-0.2, -0.15) is 0 Å². The van der Waals surface area contributed by atoms with Crippen LogP contribution >= 0.6 is 15.9 Å². The molecule has 0 saturated carbocycles. The van der Waals surface area contributed by atoms with Crippen molar-refractivity contribution in [1.29, 1.82) is 0 Å². The van der Waals surface area contributed by atoms with E-state index in [4.69, 9.17) is 4.74 Å². The number of esters is 1. The molecule has 0 bridgehead atoms. The molecule has 0 radical (unpaired) electrons. The first-order chi connectivity index (χ1) is 7.74. The number of nitrogens with one attached hydrogen (secondary N) is 1. The smallest absolute Gasteiger partial charge is 0.354 e. The summed E-state index contributed by atoms with van der Waals surface area (Å²) in [5.74, 6) is -0.306. The Morgan fingerprint density at radius 2 is 2.25 bits per heavy atom. The lowest BCUT2D eigenvalue weighted by Crippen LogP contribution is -2.04. The minimum absolute atomic E-state index is 0.306. The van der Waals surface area contributed by atoms with Gasteiger partial charge in [-0.3, -0.25) is 0 Å². The summed E-state index contributed by atoms with van der Waals surface area (Å²) in [7, 11) is 0. The Morgan fingerprint density at radius 1 is 1.44 bits per heavy atom. The first-order valence-electron chi connectivity index (χ1n) is 5.09. The summed E-state index contributed by atoms with van der Waals surface area (Å²) in [5.41, 5.74) is 2.64. The Kier molecular flexibility index (Phi) is 3.29. The van der Waals surface area contributed by atoms with Crippen LogP contribution in [0.3, 0.4) is 0 Å². The highest BCUT2D eigenvalue weighted by Gasteiger charge is 2.09. The SMILES string of the molecule is CCOC(=O)c1cc2cc(CBr)ccc2[nH]1. The fourth-order valence-corrected chi connectivity index (χ4v) is 1.93. The van der Waals surface area contributed by atoms with Crippen molar-refractivity contribution in [1.82, 2.24) is 4.98 Å². The summed E-state index contributed by atoms with van der Waals surface area (Å²) in [6, 6.07) is 7.85. The molecule has 0 saturated heterocycles. The molecule has 84 valence electrons. The van der Waals surface area contributed by atoms with Crippen LogP contribution in [0.2, 0.25) is 0 Å². The fourth-order valence-electron chi connectivity index (χ4n) is 1.58. The van der Waals surface area contributed by atoms with Crippen molar-refractivity contribution < 1.29 is 9.53 Å². The molecule has 0 aliphatic heterocycles. The summed E-state index contributed by atoms with van der Waals surface area (Å²) < 4.78 is 4.93. The molecule has 0 fully saturated rings. The van der Waals surface area contributed by atoms with Gasteiger partial charge in [0.05, 0.1) is 6.61 Å². The van der Waals surface area contributed by atoms with E-state index in [1.54, 1.807) is 6.92 Å². The topological polar surface area (TPSA) is 42.1 Å². The van der Waals surface area contributed by atoms with Crippen LogP contribution in [0.25, 0.3) is 10.9 Å². The van der Waals surface area contributed by atoms with Gasteiger partial charge in [0, 0.05) is 16.2 Å².